The zero-order valence-electron chi connectivity index (χ0n) is 16.2. The fourth-order valence-corrected chi connectivity index (χ4v) is 4.17. The van der Waals surface area contributed by atoms with E-state index in [0.29, 0.717) is 5.75 Å². The average Bonchev–Trinajstić information content (AvgIpc) is 3.17. The summed E-state index contributed by atoms with van der Waals surface area (Å²) in [6.45, 7) is 1.81. The number of amides is 1. The Morgan fingerprint density at radius 1 is 1.03 bits per heavy atom. The Bertz CT molecular complexity index is 1190. The van der Waals surface area contributed by atoms with Crippen molar-refractivity contribution in [2.75, 3.05) is 11.9 Å². The molecule has 1 amide bonds. The summed E-state index contributed by atoms with van der Waals surface area (Å²) in [6.07, 6.45) is 0. The number of carbonyl (C=O) groups excluding carboxylic acids is 1. The maximum Gasteiger partial charge on any atom is 0.264 e. The minimum Gasteiger partial charge on any atom is -0.483 e. The lowest BCUT2D eigenvalue weighted by molar-refractivity contribution is -0.121. The van der Waals surface area contributed by atoms with Crippen LogP contribution in [-0.2, 0) is 4.79 Å². The highest BCUT2D eigenvalue weighted by molar-refractivity contribution is 7.80. The van der Waals surface area contributed by atoms with Gasteiger partial charge in [0.25, 0.3) is 5.91 Å². The fraction of sp³-hybridized carbons (Fsp3) is 0.0870. The van der Waals surface area contributed by atoms with Gasteiger partial charge in [-0.15, -0.1) is 11.3 Å². The molecule has 150 valence electrons. The summed E-state index contributed by atoms with van der Waals surface area (Å²) in [7, 11) is 0. The highest BCUT2D eigenvalue weighted by atomic mass is 32.1. The Balaban J connectivity index is 1.42. The molecule has 1 aromatic heterocycles. The molecule has 0 saturated heterocycles. The number of para-hydroxylation sites is 3. The molecule has 1 heterocycles. The second kappa shape index (κ2) is 9.02. The van der Waals surface area contributed by atoms with Gasteiger partial charge >= 0.3 is 0 Å². The molecule has 0 aliphatic carbocycles. The van der Waals surface area contributed by atoms with Crippen LogP contribution in [0, 0.1) is 6.92 Å². The minimum absolute atomic E-state index is 0.119. The van der Waals surface area contributed by atoms with Crippen molar-refractivity contribution >= 4 is 50.5 Å². The number of thiocarbonyl (C=S) groups is 1. The van der Waals surface area contributed by atoms with Crippen LogP contribution in [0.5, 0.6) is 5.75 Å². The normalized spacial score (nSPS) is 10.6. The van der Waals surface area contributed by atoms with Gasteiger partial charge < -0.3 is 10.1 Å². The number of hydrogen-bond acceptors (Lipinski definition) is 5. The lowest BCUT2D eigenvalue weighted by atomic mass is 10.2. The molecule has 0 saturated carbocycles. The number of benzene rings is 3. The Kier molecular flexibility index (Phi) is 6.02. The Morgan fingerprint density at radius 3 is 2.60 bits per heavy atom. The van der Waals surface area contributed by atoms with Crippen LogP contribution in [0.25, 0.3) is 20.8 Å². The van der Waals surface area contributed by atoms with E-state index in [1.54, 1.807) is 11.3 Å². The number of hydrogen-bond donors (Lipinski definition) is 2. The highest BCUT2D eigenvalue weighted by Crippen LogP contribution is 2.34. The van der Waals surface area contributed by atoms with Crippen LogP contribution < -0.4 is 15.4 Å². The molecule has 30 heavy (non-hydrogen) atoms. The Morgan fingerprint density at radius 2 is 1.77 bits per heavy atom. The number of aromatic nitrogens is 1. The van der Waals surface area contributed by atoms with Crippen molar-refractivity contribution in [2.24, 2.45) is 0 Å². The van der Waals surface area contributed by atoms with E-state index in [2.05, 4.69) is 10.6 Å². The summed E-state index contributed by atoms with van der Waals surface area (Å²) in [5.41, 5.74) is 3.63. The third-order valence-corrected chi connectivity index (χ3v) is 5.68. The summed E-state index contributed by atoms with van der Waals surface area (Å²) in [4.78, 5) is 16.9. The summed E-state index contributed by atoms with van der Waals surface area (Å²) in [5, 5.41) is 6.86. The van der Waals surface area contributed by atoms with E-state index in [9.17, 15) is 4.79 Å². The molecule has 4 aromatic rings. The van der Waals surface area contributed by atoms with E-state index >= 15 is 0 Å². The first-order chi connectivity index (χ1) is 14.6. The zero-order chi connectivity index (χ0) is 20.9. The van der Waals surface area contributed by atoms with Crippen molar-refractivity contribution in [3.05, 3.63) is 78.4 Å². The Labute approximate surface area is 183 Å². The van der Waals surface area contributed by atoms with Crippen LogP contribution in [0.3, 0.4) is 0 Å². The van der Waals surface area contributed by atoms with Gasteiger partial charge in [-0.2, -0.15) is 0 Å². The quantitative estimate of drug-likeness (QED) is 0.426. The van der Waals surface area contributed by atoms with Crippen LogP contribution in [-0.4, -0.2) is 22.6 Å². The second-order valence-electron chi connectivity index (χ2n) is 6.59. The SMILES string of the molecule is Cc1ccccc1OCC(=O)NC(=S)Nc1ccccc1-c1nc2ccccc2s1. The molecule has 0 bridgehead atoms. The van der Waals surface area contributed by atoms with E-state index in [1.165, 1.54) is 0 Å². The number of fused-ring (bicyclic) bond motifs is 1. The van der Waals surface area contributed by atoms with E-state index in [-0.39, 0.29) is 17.6 Å². The molecule has 3 aromatic carbocycles. The van der Waals surface area contributed by atoms with Crippen molar-refractivity contribution in [2.45, 2.75) is 6.92 Å². The number of aryl methyl sites for hydroxylation is 1. The molecule has 4 rings (SSSR count). The molecule has 0 aliphatic rings. The smallest absolute Gasteiger partial charge is 0.264 e. The molecule has 0 atom stereocenters. The zero-order valence-corrected chi connectivity index (χ0v) is 17.8. The van der Waals surface area contributed by atoms with Crippen LogP contribution >= 0.6 is 23.6 Å². The van der Waals surface area contributed by atoms with Crippen molar-refractivity contribution < 1.29 is 9.53 Å². The summed E-state index contributed by atoms with van der Waals surface area (Å²) in [5.74, 6) is 0.348. The van der Waals surface area contributed by atoms with Gasteiger partial charge in [0.15, 0.2) is 11.7 Å². The number of anilines is 1. The van der Waals surface area contributed by atoms with Gasteiger partial charge in [0.05, 0.1) is 15.9 Å². The standard InChI is InChI=1S/C23H19N3O2S2/c1-15-8-2-6-12-19(15)28-14-21(27)26-23(29)25-17-10-4-3-9-16(17)22-24-18-11-5-7-13-20(18)30-22/h2-13H,14H2,1H3,(H2,25,26,27,29). The molecule has 0 fully saturated rings. The molecule has 0 radical (unpaired) electrons. The molecule has 0 aliphatic heterocycles. The lowest BCUT2D eigenvalue weighted by Crippen LogP contribution is -2.37. The Hall–Kier alpha value is -3.29. The van der Waals surface area contributed by atoms with Crippen LogP contribution in [0.2, 0.25) is 0 Å². The molecule has 5 nitrogen and oxygen atoms in total. The number of thiazole rings is 1. The van der Waals surface area contributed by atoms with E-state index in [1.807, 2.05) is 79.7 Å². The summed E-state index contributed by atoms with van der Waals surface area (Å²) in [6, 6.07) is 23.3. The van der Waals surface area contributed by atoms with Gasteiger partial charge in [-0.1, -0.05) is 42.5 Å². The van der Waals surface area contributed by atoms with Gasteiger partial charge in [-0.05, 0) is 55.0 Å². The van der Waals surface area contributed by atoms with Crippen molar-refractivity contribution in [1.29, 1.82) is 0 Å². The first-order valence-corrected chi connectivity index (χ1v) is 10.6. The van der Waals surface area contributed by atoms with E-state index in [4.69, 9.17) is 21.9 Å². The fourth-order valence-electron chi connectivity index (χ4n) is 2.94. The molecule has 7 heteroatoms. The van der Waals surface area contributed by atoms with E-state index in [0.717, 1.165) is 32.0 Å². The number of nitrogens with zero attached hydrogens (tertiary/aromatic N) is 1. The largest absolute Gasteiger partial charge is 0.483 e. The van der Waals surface area contributed by atoms with Gasteiger partial charge in [0.1, 0.15) is 10.8 Å². The third kappa shape index (κ3) is 4.64. The predicted molar refractivity (Wildman–Crippen MR) is 126 cm³/mol. The van der Waals surface area contributed by atoms with Gasteiger partial charge in [0.2, 0.25) is 0 Å². The van der Waals surface area contributed by atoms with E-state index < -0.39 is 0 Å². The lowest BCUT2D eigenvalue weighted by Gasteiger charge is -2.13. The first kappa shape index (κ1) is 20.0. The van der Waals surface area contributed by atoms with Crippen LogP contribution in [0.4, 0.5) is 5.69 Å². The average molecular weight is 434 g/mol. The number of nitrogens with one attached hydrogen (secondary N) is 2. The maximum atomic E-state index is 12.2. The minimum atomic E-state index is -0.326. The van der Waals surface area contributed by atoms with Crippen molar-refractivity contribution in [3.63, 3.8) is 0 Å². The van der Waals surface area contributed by atoms with Crippen molar-refractivity contribution in [1.82, 2.24) is 10.3 Å². The van der Waals surface area contributed by atoms with Crippen LogP contribution in [0.15, 0.2) is 72.8 Å². The maximum absolute atomic E-state index is 12.2. The van der Waals surface area contributed by atoms with Gasteiger partial charge in [0, 0.05) is 5.56 Å². The molecule has 0 unspecified atom stereocenters. The van der Waals surface area contributed by atoms with Crippen molar-refractivity contribution in [3.8, 4) is 16.3 Å². The summed E-state index contributed by atoms with van der Waals surface area (Å²) < 4.78 is 6.69. The molecule has 2 N–H and O–H groups in total. The monoisotopic (exact) mass is 433 g/mol. The number of carbonyl (C=O) groups is 1. The molecular weight excluding hydrogens is 414 g/mol. The highest BCUT2D eigenvalue weighted by Gasteiger charge is 2.12. The molecular formula is C23H19N3O2S2. The summed E-state index contributed by atoms with van der Waals surface area (Å²) >= 11 is 6.94. The van der Waals surface area contributed by atoms with Crippen LogP contribution in [0.1, 0.15) is 5.56 Å². The van der Waals surface area contributed by atoms with Gasteiger partial charge in [-0.25, -0.2) is 4.98 Å². The third-order valence-electron chi connectivity index (χ3n) is 4.40. The second-order valence-corrected chi connectivity index (χ2v) is 8.03. The molecule has 0 spiro atoms. The topological polar surface area (TPSA) is 63.2 Å². The number of ether oxygens (including phenoxy) is 1. The number of rotatable bonds is 5. The first-order valence-electron chi connectivity index (χ1n) is 9.34. The predicted octanol–water partition coefficient (Wildman–Crippen LogP) is 5.16. The van der Waals surface area contributed by atoms with Gasteiger partial charge in [-0.3, -0.25) is 10.1 Å².